The molecule has 2 aromatic carbocycles. The SMILES string of the molecule is NC(=O)Oc1ccccc1Cc1ccccc1. The van der Waals surface area contributed by atoms with E-state index in [4.69, 9.17) is 10.5 Å². The van der Waals surface area contributed by atoms with Gasteiger partial charge in [0, 0.05) is 6.42 Å². The van der Waals surface area contributed by atoms with Gasteiger partial charge in [-0.1, -0.05) is 48.5 Å². The monoisotopic (exact) mass is 227 g/mol. The number of carbonyl (C=O) groups is 1. The summed E-state index contributed by atoms with van der Waals surface area (Å²) < 4.78 is 4.96. The fraction of sp³-hybridized carbons (Fsp3) is 0.0714. The second-order valence-corrected chi connectivity index (χ2v) is 3.69. The fourth-order valence-corrected chi connectivity index (χ4v) is 1.67. The zero-order valence-corrected chi connectivity index (χ0v) is 9.30. The lowest BCUT2D eigenvalue weighted by atomic mass is 10.0. The summed E-state index contributed by atoms with van der Waals surface area (Å²) in [6.45, 7) is 0. The average molecular weight is 227 g/mol. The summed E-state index contributed by atoms with van der Waals surface area (Å²) in [5.41, 5.74) is 7.13. The lowest BCUT2D eigenvalue weighted by Crippen LogP contribution is -2.17. The van der Waals surface area contributed by atoms with E-state index in [0.29, 0.717) is 12.2 Å². The predicted octanol–water partition coefficient (Wildman–Crippen LogP) is 2.73. The fourth-order valence-electron chi connectivity index (χ4n) is 1.67. The Balaban J connectivity index is 2.23. The van der Waals surface area contributed by atoms with E-state index in [1.807, 2.05) is 48.5 Å². The third kappa shape index (κ3) is 3.08. The van der Waals surface area contributed by atoms with Gasteiger partial charge in [-0.05, 0) is 17.2 Å². The molecule has 0 spiro atoms. The number of benzene rings is 2. The van der Waals surface area contributed by atoms with Crippen LogP contribution in [0, 0.1) is 0 Å². The number of rotatable bonds is 3. The maximum absolute atomic E-state index is 10.8. The van der Waals surface area contributed by atoms with Crippen molar-refractivity contribution in [3.63, 3.8) is 0 Å². The second kappa shape index (κ2) is 5.16. The van der Waals surface area contributed by atoms with Gasteiger partial charge in [-0.3, -0.25) is 0 Å². The van der Waals surface area contributed by atoms with Crippen LogP contribution in [0.3, 0.4) is 0 Å². The van der Waals surface area contributed by atoms with Crippen molar-refractivity contribution in [2.24, 2.45) is 5.73 Å². The number of hydrogen-bond acceptors (Lipinski definition) is 2. The number of para-hydroxylation sites is 1. The van der Waals surface area contributed by atoms with E-state index in [1.54, 1.807) is 6.07 Å². The molecule has 2 aromatic rings. The largest absolute Gasteiger partial charge is 0.410 e. The molecule has 0 saturated carbocycles. The molecule has 2 N–H and O–H groups in total. The standard InChI is InChI=1S/C14H13NO2/c15-14(16)17-13-9-5-4-8-12(13)10-11-6-2-1-3-7-11/h1-9H,10H2,(H2,15,16). The Morgan fingerprint density at radius 2 is 1.65 bits per heavy atom. The van der Waals surface area contributed by atoms with Crippen LogP contribution in [0.25, 0.3) is 0 Å². The Hall–Kier alpha value is -2.29. The molecular formula is C14H13NO2. The van der Waals surface area contributed by atoms with Gasteiger partial charge in [0.25, 0.3) is 0 Å². The smallest absolute Gasteiger partial charge is 0.409 e. The van der Waals surface area contributed by atoms with Crippen LogP contribution in [0.15, 0.2) is 54.6 Å². The van der Waals surface area contributed by atoms with Gasteiger partial charge >= 0.3 is 6.09 Å². The van der Waals surface area contributed by atoms with Crippen molar-refractivity contribution in [1.29, 1.82) is 0 Å². The van der Waals surface area contributed by atoms with Crippen LogP contribution in [-0.4, -0.2) is 6.09 Å². The molecule has 2 rings (SSSR count). The number of amides is 1. The molecule has 0 atom stereocenters. The molecule has 0 aromatic heterocycles. The van der Waals surface area contributed by atoms with Crippen molar-refractivity contribution < 1.29 is 9.53 Å². The average Bonchev–Trinajstić information content (AvgIpc) is 2.32. The van der Waals surface area contributed by atoms with E-state index in [9.17, 15) is 4.79 Å². The van der Waals surface area contributed by atoms with Crippen LogP contribution in [0.5, 0.6) is 5.75 Å². The first kappa shape index (κ1) is 11.2. The molecule has 17 heavy (non-hydrogen) atoms. The summed E-state index contributed by atoms with van der Waals surface area (Å²) in [5.74, 6) is 0.517. The molecule has 0 saturated heterocycles. The second-order valence-electron chi connectivity index (χ2n) is 3.69. The number of ether oxygens (including phenoxy) is 1. The molecule has 0 bridgehead atoms. The highest BCUT2D eigenvalue weighted by molar-refractivity contribution is 5.68. The summed E-state index contributed by atoms with van der Waals surface area (Å²) in [4.78, 5) is 10.8. The van der Waals surface area contributed by atoms with Gasteiger partial charge in [0.1, 0.15) is 5.75 Å². The molecule has 3 nitrogen and oxygen atoms in total. The van der Waals surface area contributed by atoms with E-state index in [-0.39, 0.29) is 0 Å². The first-order valence-electron chi connectivity index (χ1n) is 5.35. The minimum atomic E-state index is -0.787. The molecule has 0 fully saturated rings. The molecule has 0 aliphatic heterocycles. The van der Waals surface area contributed by atoms with Crippen LogP contribution in [0.1, 0.15) is 11.1 Å². The van der Waals surface area contributed by atoms with Crippen molar-refractivity contribution in [2.45, 2.75) is 6.42 Å². The Morgan fingerprint density at radius 1 is 1.00 bits per heavy atom. The van der Waals surface area contributed by atoms with Crippen molar-refractivity contribution in [1.82, 2.24) is 0 Å². The van der Waals surface area contributed by atoms with Crippen LogP contribution in [0.2, 0.25) is 0 Å². The first-order chi connectivity index (χ1) is 8.25. The quantitative estimate of drug-likeness (QED) is 0.876. The highest BCUT2D eigenvalue weighted by Gasteiger charge is 2.06. The van der Waals surface area contributed by atoms with Gasteiger partial charge in [-0.2, -0.15) is 0 Å². The van der Waals surface area contributed by atoms with Crippen molar-refractivity contribution >= 4 is 6.09 Å². The summed E-state index contributed by atoms with van der Waals surface area (Å²) in [7, 11) is 0. The van der Waals surface area contributed by atoms with E-state index < -0.39 is 6.09 Å². The Kier molecular flexibility index (Phi) is 3.40. The van der Waals surface area contributed by atoms with Crippen molar-refractivity contribution in [3.8, 4) is 5.75 Å². The summed E-state index contributed by atoms with van der Waals surface area (Å²) in [6, 6.07) is 17.4. The van der Waals surface area contributed by atoms with Crippen LogP contribution in [0.4, 0.5) is 4.79 Å². The molecule has 0 radical (unpaired) electrons. The first-order valence-corrected chi connectivity index (χ1v) is 5.35. The third-order valence-electron chi connectivity index (χ3n) is 2.42. The van der Waals surface area contributed by atoms with Gasteiger partial charge in [0.2, 0.25) is 0 Å². The molecule has 0 aliphatic rings. The predicted molar refractivity (Wildman–Crippen MR) is 65.9 cm³/mol. The summed E-state index contributed by atoms with van der Waals surface area (Å²) in [6.07, 6.45) is -0.0740. The van der Waals surface area contributed by atoms with E-state index in [1.165, 1.54) is 0 Å². The maximum Gasteiger partial charge on any atom is 0.409 e. The van der Waals surface area contributed by atoms with Gasteiger partial charge < -0.3 is 10.5 Å². The minimum absolute atomic E-state index is 0.517. The van der Waals surface area contributed by atoms with Crippen LogP contribution < -0.4 is 10.5 Å². The van der Waals surface area contributed by atoms with E-state index in [2.05, 4.69) is 0 Å². The zero-order chi connectivity index (χ0) is 12.1. The Bertz CT molecular complexity index is 509. The minimum Gasteiger partial charge on any atom is -0.410 e. The van der Waals surface area contributed by atoms with Gasteiger partial charge in [0.05, 0.1) is 0 Å². The van der Waals surface area contributed by atoms with E-state index in [0.717, 1.165) is 11.1 Å². The van der Waals surface area contributed by atoms with Gasteiger partial charge in [-0.15, -0.1) is 0 Å². The van der Waals surface area contributed by atoms with Gasteiger partial charge in [0.15, 0.2) is 0 Å². The number of carbonyl (C=O) groups excluding carboxylic acids is 1. The van der Waals surface area contributed by atoms with Crippen molar-refractivity contribution in [3.05, 3.63) is 65.7 Å². The number of primary amides is 1. The lowest BCUT2D eigenvalue weighted by Gasteiger charge is -2.08. The van der Waals surface area contributed by atoms with Crippen LogP contribution in [-0.2, 0) is 6.42 Å². The molecule has 0 unspecified atom stereocenters. The highest BCUT2D eigenvalue weighted by Crippen LogP contribution is 2.21. The normalized spacial score (nSPS) is 9.88. The maximum atomic E-state index is 10.8. The van der Waals surface area contributed by atoms with E-state index >= 15 is 0 Å². The molecule has 1 amide bonds. The van der Waals surface area contributed by atoms with Crippen molar-refractivity contribution in [2.75, 3.05) is 0 Å². The molecule has 0 heterocycles. The summed E-state index contributed by atoms with van der Waals surface area (Å²) >= 11 is 0. The Morgan fingerprint density at radius 3 is 2.35 bits per heavy atom. The molecule has 86 valence electrons. The zero-order valence-electron chi connectivity index (χ0n) is 9.30. The van der Waals surface area contributed by atoms with Crippen LogP contribution >= 0.6 is 0 Å². The van der Waals surface area contributed by atoms with Gasteiger partial charge in [-0.25, -0.2) is 4.79 Å². The molecule has 3 heteroatoms. The summed E-state index contributed by atoms with van der Waals surface area (Å²) in [5, 5.41) is 0. The Labute approximate surface area is 99.8 Å². The lowest BCUT2D eigenvalue weighted by molar-refractivity contribution is 0.210. The number of nitrogens with two attached hydrogens (primary N) is 1. The highest BCUT2D eigenvalue weighted by atomic mass is 16.5. The number of hydrogen-bond donors (Lipinski definition) is 1. The topological polar surface area (TPSA) is 52.3 Å². The molecule has 0 aliphatic carbocycles. The third-order valence-corrected chi connectivity index (χ3v) is 2.42. The molecular weight excluding hydrogens is 214 g/mol.